The highest BCUT2D eigenvalue weighted by Gasteiger charge is 2.08. The minimum Gasteiger partial charge on any atom is -0.289 e. The van der Waals surface area contributed by atoms with Crippen molar-refractivity contribution in [2.75, 3.05) is 5.32 Å². The predicted octanol–water partition coefficient (Wildman–Crippen LogP) is 1.21. The lowest BCUT2D eigenvalue weighted by Crippen LogP contribution is -2.14. The topological polar surface area (TPSA) is 83.6 Å². The zero-order chi connectivity index (χ0) is 10.7. The number of aromatic amines is 1. The Morgan fingerprint density at radius 3 is 3.00 bits per heavy atom. The summed E-state index contributed by atoms with van der Waals surface area (Å²) in [6, 6.07) is 5.08. The number of nitrogens with one attached hydrogen (secondary N) is 2. The van der Waals surface area contributed by atoms with E-state index in [1.54, 1.807) is 18.2 Å². The molecule has 15 heavy (non-hydrogen) atoms. The van der Waals surface area contributed by atoms with Gasteiger partial charge in [-0.05, 0) is 28.1 Å². The molecule has 1 amide bonds. The molecule has 0 aliphatic rings. The third-order valence-corrected chi connectivity index (χ3v) is 2.04. The van der Waals surface area contributed by atoms with E-state index in [2.05, 4.69) is 41.4 Å². The van der Waals surface area contributed by atoms with Gasteiger partial charge in [0.25, 0.3) is 5.91 Å². The Labute approximate surface area is 93.3 Å². The minimum atomic E-state index is -0.340. The van der Waals surface area contributed by atoms with Gasteiger partial charge in [0.05, 0.1) is 0 Å². The van der Waals surface area contributed by atoms with Crippen LogP contribution in [0, 0.1) is 0 Å². The Morgan fingerprint density at radius 2 is 2.33 bits per heavy atom. The summed E-state index contributed by atoms with van der Waals surface area (Å²) < 4.78 is 0.604. The molecule has 2 aromatic rings. The molecule has 0 saturated heterocycles. The molecule has 0 fully saturated rings. The highest BCUT2D eigenvalue weighted by atomic mass is 79.9. The van der Waals surface area contributed by atoms with Gasteiger partial charge in [0.2, 0.25) is 5.95 Å². The van der Waals surface area contributed by atoms with Crippen LogP contribution in [0.1, 0.15) is 10.5 Å². The summed E-state index contributed by atoms with van der Waals surface area (Å²) in [4.78, 5) is 19.3. The second kappa shape index (κ2) is 4.18. The van der Waals surface area contributed by atoms with E-state index in [1.807, 2.05) is 0 Å². The van der Waals surface area contributed by atoms with Crippen molar-refractivity contribution >= 4 is 27.8 Å². The molecule has 0 unspecified atom stereocenters. The van der Waals surface area contributed by atoms with Gasteiger partial charge in [0, 0.05) is 0 Å². The molecule has 0 saturated carbocycles. The maximum atomic E-state index is 11.6. The second-order valence-electron chi connectivity index (χ2n) is 2.63. The van der Waals surface area contributed by atoms with E-state index in [0.717, 1.165) is 0 Å². The van der Waals surface area contributed by atoms with Crippen molar-refractivity contribution in [3.05, 3.63) is 34.8 Å². The van der Waals surface area contributed by atoms with E-state index in [-0.39, 0.29) is 5.91 Å². The summed E-state index contributed by atoms with van der Waals surface area (Å²) in [7, 11) is 0. The SMILES string of the molecule is O=C(Nc1ncn[nH]1)c1cccc(Br)n1. The summed E-state index contributed by atoms with van der Waals surface area (Å²) in [6.07, 6.45) is 1.31. The van der Waals surface area contributed by atoms with Crippen LogP contribution < -0.4 is 5.32 Å². The number of pyridine rings is 1. The van der Waals surface area contributed by atoms with Gasteiger partial charge in [-0.15, -0.1) is 0 Å². The van der Waals surface area contributed by atoms with Gasteiger partial charge < -0.3 is 0 Å². The molecule has 0 aliphatic heterocycles. The normalized spacial score (nSPS) is 9.93. The summed E-state index contributed by atoms with van der Waals surface area (Å²) >= 11 is 3.18. The molecule has 0 aromatic carbocycles. The number of rotatable bonds is 2. The number of halogens is 1. The van der Waals surface area contributed by atoms with Gasteiger partial charge in [-0.3, -0.25) is 10.1 Å². The lowest BCUT2D eigenvalue weighted by molar-refractivity contribution is 0.102. The summed E-state index contributed by atoms with van der Waals surface area (Å²) in [5, 5.41) is 8.64. The van der Waals surface area contributed by atoms with Crippen LogP contribution in [0.3, 0.4) is 0 Å². The van der Waals surface area contributed by atoms with Crippen molar-refractivity contribution in [1.82, 2.24) is 20.2 Å². The highest BCUT2D eigenvalue weighted by molar-refractivity contribution is 9.10. The van der Waals surface area contributed by atoms with Crippen LogP contribution in [-0.2, 0) is 0 Å². The van der Waals surface area contributed by atoms with E-state index in [4.69, 9.17) is 0 Å². The molecule has 2 N–H and O–H groups in total. The maximum Gasteiger partial charge on any atom is 0.276 e. The van der Waals surface area contributed by atoms with E-state index in [1.165, 1.54) is 6.33 Å². The van der Waals surface area contributed by atoms with Crippen LogP contribution in [0.4, 0.5) is 5.95 Å². The first kappa shape index (κ1) is 9.78. The molecule has 2 aromatic heterocycles. The molecule has 2 heterocycles. The van der Waals surface area contributed by atoms with Crippen LogP contribution in [0.25, 0.3) is 0 Å². The fraction of sp³-hybridized carbons (Fsp3) is 0. The summed E-state index contributed by atoms with van der Waals surface area (Å²) in [6.45, 7) is 0. The fourth-order valence-electron chi connectivity index (χ4n) is 0.972. The van der Waals surface area contributed by atoms with Gasteiger partial charge >= 0.3 is 0 Å². The average molecular weight is 268 g/mol. The molecule has 0 spiro atoms. The standard InChI is InChI=1S/C8H6BrN5O/c9-6-3-1-2-5(12-6)7(15)13-8-10-4-11-14-8/h1-4H,(H2,10,11,13,14,15). The Kier molecular flexibility index (Phi) is 2.72. The van der Waals surface area contributed by atoms with Crippen molar-refractivity contribution in [2.24, 2.45) is 0 Å². The van der Waals surface area contributed by atoms with E-state index >= 15 is 0 Å². The number of carbonyl (C=O) groups excluding carboxylic acids is 1. The molecule has 2 rings (SSSR count). The fourth-order valence-corrected chi connectivity index (χ4v) is 1.32. The number of hydrogen-bond acceptors (Lipinski definition) is 4. The summed E-state index contributed by atoms with van der Waals surface area (Å²) in [5.74, 6) is -0.0465. The first-order valence-electron chi connectivity index (χ1n) is 4.05. The Hall–Kier alpha value is -1.76. The molecule has 0 aliphatic carbocycles. The number of carbonyl (C=O) groups is 1. The molecular formula is C8H6BrN5O. The largest absolute Gasteiger partial charge is 0.289 e. The smallest absolute Gasteiger partial charge is 0.276 e. The molecule has 76 valence electrons. The van der Waals surface area contributed by atoms with Gasteiger partial charge in [-0.1, -0.05) is 6.07 Å². The molecule has 7 heteroatoms. The third kappa shape index (κ3) is 2.38. The minimum absolute atomic E-state index is 0.293. The predicted molar refractivity (Wildman–Crippen MR) is 56.3 cm³/mol. The van der Waals surface area contributed by atoms with Crippen LogP contribution in [0.2, 0.25) is 0 Å². The monoisotopic (exact) mass is 267 g/mol. The summed E-state index contributed by atoms with van der Waals surface area (Å²) in [5.41, 5.74) is 0.306. The van der Waals surface area contributed by atoms with Crippen LogP contribution >= 0.6 is 15.9 Å². The first-order chi connectivity index (χ1) is 7.25. The molecule has 0 radical (unpaired) electrons. The Morgan fingerprint density at radius 1 is 1.47 bits per heavy atom. The number of nitrogens with zero attached hydrogens (tertiary/aromatic N) is 3. The lowest BCUT2D eigenvalue weighted by atomic mass is 10.3. The Balaban J connectivity index is 2.15. The Bertz CT molecular complexity index is 470. The second-order valence-corrected chi connectivity index (χ2v) is 3.45. The van der Waals surface area contributed by atoms with Gasteiger partial charge in [-0.2, -0.15) is 10.1 Å². The van der Waals surface area contributed by atoms with Crippen LogP contribution in [0.15, 0.2) is 29.1 Å². The van der Waals surface area contributed by atoms with E-state index in [0.29, 0.717) is 16.2 Å². The number of hydrogen-bond donors (Lipinski definition) is 2. The van der Waals surface area contributed by atoms with Crippen LogP contribution in [0.5, 0.6) is 0 Å². The molecular weight excluding hydrogens is 262 g/mol. The highest BCUT2D eigenvalue weighted by Crippen LogP contribution is 2.07. The average Bonchev–Trinajstić information content (AvgIpc) is 2.70. The van der Waals surface area contributed by atoms with E-state index in [9.17, 15) is 4.79 Å². The van der Waals surface area contributed by atoms with Crippen molar-refractivity contribution < 1.29 is 4.79 Å². The molecule has 0 atom stereocenters. The zero-order valence-corrected chi connectivity index (χ0v) is 9.02. The van der Waals surface area contributed by atoms with Crippen LogP contribution in [-0.4, -0.2) is 26.1 Å². The first-order valence-corrected chi connectivity index (χ1v) is 4.84. The third-order valence-electron chi connectivity index (χ3n) is 1.59. The number of H-pyrrole nitrogens is 1. The quantitative estimate of drug-likeness (QED) is 0.802. The maximum absolute atomic E-state index is 11.6. The molecule has 6 nitrogen and oxygen atoms in total. The zero-order valence-electron chi connectivity index (χ0n) is 7.44. The van der Waals surface area contributed by atoms with Crippen molar-refractivity contribution in [3.63, 3.8) is 0 Å². The number of anilines is 1. The lowest BCUT2D eigenvalue weighted by Gasteiger charge is -2.00. The number of aromatic nitrogens is 4. The molecule has 0 bridgehead atoms. The van der Waals surface area contributed by atoms with E-state index < -0.39 is 0 Å². The van der Waals surface area contributed by atoms with Crippen molar-refractivity contribution in [2.45, 2.75) is 0 Å². The van der Waals surface area contributed by atoms with Gasteiger partial charge in [0.15, 0.2) is 0 Å². The van der Waals surface area contributed by atoms with Crippen molar-refractivity contribution in [3.8, 4) is 0 Å². The van der Waals surface area contributed by atoms with Gasteiger partial charge in [-0.25, -0.2) is 10.1 Å². The van der Waals surface area contributed by atoms with Crippen molar-refractivity contribution in [1.29, 1.82) is 0 Å². The number of amides is 1. The van der Waals surface area contributed by atoms with Gasteiger partial charge in [0.1, 0.15) is 16.6 Å².